The molecule has 21 heavy (non-hydrogen) atoms. The zero-order chi connectivity index (χ0) is 15.1. The topological polar surface area (TPSA) is 29.9 Å². The Balaban J connectivity index is 2.01. The van der Waals surface area contributed by atoms with Crippen LogP contribution < -0.4 is 5.32 Å². The Hall–Kier alpha value is -1.61. The van der Waals surface area contributed by atoms with Crippen molar-refractivity contribution in [2.24, 2.45) is 0 Å². The minimum absolute atomic E-state index is 0.474. The molecule has 0 aliphatic rings. The van der Waals surface area contributed by atoms with E-state index in [1.54, 1.807) is 0 Å². The van der Waals surface area contributed by atoms with E-state index in [-0.39, 0.29) is 0 Å². The largest absolute Gasteiger partial charge is 0.313 e. The van der Waals surface area contributed by atoms with Crippen LogP contribution in [0.3, 0.4) is 0 Å². The minimum atomic E-state index is 0.474. The van der Waals surface area contributed by atoms with Crippen LogP contribution in [0.4, 0.5) is 0 Å². The fourth-order valence-electron chi connectivity index (χ4n) is 2.54. The first-order valence-electron chi connectivity index (χ1n) is 8.01. The third kappa shape index (κ3) is 5.01. The van der Waals surface area contributed by atoms with Crippen molar-refractivity contribution in [3.63, 3.8) is 0 Å². The molecule has 1 aromatic carbocycles. The molecule has 0 aliphatic heterocycles. The molecule has 3 nitrogen and oxygen atoms in total. The summed E-state index contributed by atoms with van der Waals surface area (Å²) in [5, 5.41) is 8.05. The van der Waals surface area contributed by atoms with Gasteiger partial charge in [0.1, 0.15) is 0 Å². The summed E-state index contributed by atoms with van der Waals surface area (Å²) in [6.45, 7) is 8.47. The summed E-state index contributed by atoms with van der Waals surface area (Å²) >= 11 is 0. The van der Waals surface area contributed by atoms with E-state index in [1.165, 1.54) is 23.1 Å². The van der Waals surface area contributed by atoms with Gasteiger partial charge >= 0.3 is 0 Å². The number of aryl methyl sites for hydroxylation is 2. The smallest absolute Gasteiger partial charge is 0.0522 e. The maximum Gasteiger partial charge on any atom is 0.0522 e. The Morgan fingerprint density at radius 3 is 2.43 bits per heavy atom. The third-order valence-electron chi connectivity index (χ3n) is 3.78. The molecule has 0 bridgehead atoms. The summed E-state index contributed by atoms with van der Waals surface area (Å²) in [6, 6.07) is 9.35. The van der Waals surface area contributed by atoms with Crippen molar-refractivity contribution >= 4 is 0 Å². The van der Waals surface area contributed by atoms with Crippen molar-refractivity contribution in [1.82, 2.24) is 15.1 Å². The van der Waals surface area contributed by atoms with Gasteiger partial charge in [-0.3, -0.25) is 4.68 Å². The van der Waals surface area contributed by atoms with E-state index < -0.39 is 0 Å². The lowest BCUT2D eigenvalue weighted by Gasteiger charge is -2.18. The van der Waals surface area contributed by atoms with Crippen molar-refractivity contribution in [3.05, 3.63) is 53.3 Å². The van der Waals surface area contributed by atoms with E-state index in [2.05, 4.69) is 61.6 Å². The summed E-state index contributed by atoms with van der Waals surface area (Å²) in [5.41, 5.74) is 4.04. The summed E-state index contributed by atoms with van der Waals surface area (Å²) in [5.74, 6) is 0. The molecule has 2 rings (SSSR count). The molecule has 2 aromatic rings. The highest BCUT2D eigenvalue weighted by molar-refractivity contribution is 5.22. The second-order valence-corrected chi connectivity index (χ2v) is 5.75. The van der Waals surface area contributed by atoms with E-state index in [0.29, 0.717) is 6.04 Å². The van der Waals surface area contributed by atoms with Crippen LogP contribution in [0.5, 0.6) is 0 Å². The van der Waals surface area contributed by atoms with Crippen molar-refractivity contribution in [2.45, 2.75) is 52.6 Å². The van der Waals surface area contributed by atoms with Gasteiger partial charge in [0.2, 0.25) is 0 Å². The predicted molar refractivity (Wildman–Crippen MR) is 88.6 cm³/mol. The summed E-state index contributed by atoms with van der Waals surface area (Å²) in [4.78, 5) is 0. The van der Waals surface area contributed by atoms with Gasteiger partial charge in [0, 0.05) is 18.8 Å². The molecule has 0 fully saturated rings. The van der Waals surface area contributed by atoms with Crippen LogP contribution in [0.25, 0.3) is 0 Å². The second kappa shape index (κ2) is 7.99. The number of hydrogen-bond donors (Lipinski definition) is 1. The van der Waals surface area contributed by atoms with E-state index in [9.17, 15) is 0 Å². The first-order chi connectivity index (χ1) is 10.2. The molecular weight excluding hydrogens is 258 g/mol. The molecule has 3 heteroatoms. The van der Waals surface area contributed by atoms with Crippen LogP contribution in [-0.2, 0) is 19.4 Å². The van der Waals surface area contributed by atoms with Crippen LogP contribution in [-0.4, -0.2) is 22.4 Å². The van der Waals surface area contributed by atoms with E-state index in [1.807, 2.05) is 10.9 Å². The standard InChI is InChI=1S/C18H27N3/c1-4-10-19-18(11-16-8-6-15(3)7-9-16)12-17-13-20-21(5-2)14-17/h6-9,13-14,18-19H,4-5,10-12H2,1-3H3. The predicted octanol–water partition coefficient (Wildman–Crippen LogP) is 3.36. The molecule has 1 aromatic heterocycles. The summed E-state index contributed by atoms with van der Waals surface area (Å²) in [7, 11) is 0. The highest BCUT2D eigenvalue weighted by atomic mass is 15.3. The highest BCUT2D eigenvalue weighted by Crippen LogP contribution is 2.10. The summed E-state index contributed by atoms with van der Waals surface area (Å²) < 4.78 is 2.00. The van der Waals surface area contributed by atoms with E-state index in [0.717, 1.165) is 25.9 Å². The summed E-state index contributed by atoms with van der Waals surface area (Å²) in [6.07, 6.45) is 7.43. The number of benzene rings is 1. The lowest BCUT2D eigenvalue weighted by atomic mass is 10.00. The molecule has 0 aliphatic carbocycles. The number of hydrogen-bond acceptors (Lipinski definition) is 2. The monoisotopic (exact) mass is 285 g/mol. The van der Waals surface area contributed by atoms with Crippen LogP contribution in [0, 0.1) is 6.92 Å². The third-order valence-corrected chi connectivity index (χ3v) is 3.78. The Morgan fingerprint density at radius 1 is 1.10 bits per heavy atom. The van der Waals surface area contributed by atoms with Gasteiger partial charge in [0.25, 0.3) is 0 Å². The average Bonchev–Trinajstić information content (AvgIpc) is 2.95. The Labute approximate surface area is 128 Å². The first kappa shape index (κ1) is 15.8. The maximum absolute atomic E-state index is 4.38. The molecule has 1 unspecified atom stereocenters. The van der Waals surface area contributed by atoms with Crippen molar-refractivity contribution < 1.29 is 0 Å². The van der Waals surface area contributed by atoms with Gasteiger partial charge in [0.05, 0.1) is 6.20 Å². The lowest BCUT2D eigenvalue weighted by molar-refractivity contribution is 0.504. The molecule has 0 saturated heterocycles. The number of nitrogens with zero attached hydrogens (tertiary/aromatic N) is 2. The SMILES string of the molecule is CCCNC(Cc1ccc(C)cc1)Cc1cnn(CC)c1. The molecule has 0 spiro atoms. The fraction of sp³-hybridized carbons (Fsp3) is 0.500. The van der Waals surface area contributed by atoms with Gasteiger partial charge in [-0.15, -0.1) is 0 Å². The Bertz CT molecular complexity index is 528. The Morgan fingerprint density at radius 2 is 1.81 bits per heavy atom. The van der Waals surface area contributed by atoms with Crippen LogP contribution in [0.1, 0.15) is 37.0 Å². The lowest BCUT2D eigenvalue weighted by Crippen LogP contribution is -2.33. The first-order valence-corrected chi connectivity index (χ1v) is 8.01. The number of rotatable bonds is 8. The van der Waals surface area contributed by atoms with Crippen molar-refractivity contribution in [2.75, 3.05) is 6.54 Å². The molecule has 0 radical (unpaired) electrons. The second-order valence-electron chi connectivity index (χ2n) is 5.75. The van der Waals surface area contributed by atoms with E-state index in [4.69, 9.17) is 0 Å². The van der Waals surface area contributed by atoms with Crippen LogP contribution in [0.2, 0.25) is 0 Å². The number of aromatic nitrogens is 2. The maximum atomic E-state index is 4.38. The van der Waals surface area contributed by atoms with Gasteiger partial charge in [-0.05, 0) is 50.8 Å². The molecular formula is C18H27N3. The zero-order valence-corrected chi connectivity index (χ0v) is 13.5. The molecule has 1 N–H and O–H groups in total. The van der Waals surface area contributed by atoms with Crippen molar-refractivity contribution in [3.8, 4) is 0 Å². The van der Waals surface area contributed by atoms with E-state index >= 15 is 0 Å². The highest BCUT2D eigenvalue weighted by Gasteiger charge is 2.11. The van der Waals surface area contributed by atoms with Gasteiger partial charge in [-0.2, -0.15) is 5.10 Å². The number of nitrogens with one attached hydrogen (secondary N) is 1. The minimum Gasteiger partial charge on any atom is -0.313 e. The van der Waals surface area contributed by atoms with Gasteiger partial charge in [-0.1, -0.05) is 36.8 Å². The van der Waals surface area contributed by atoms with Gasteiger partial charge in [-0.25, -0.2) is 0 Å². The van der Waals surface area contributed by atoms with Crippen LogP contribution >= 0.6 is 0 Å². The van der Waals surface area contributed by atoms with Crippen LogP contribution in [0.15, 0.2) is 36.7 Å². The molecule has 114 valence electrons. The average molecular weight is 285 g/mol. The quantitative estimate of drug-likeness (QED) is 0.806. The molecule has 0 saturated carbocycles. The normalized spacial score (nSPS) is 12.5. The van der Waals surface area contributed by atoms with Gasteiger partial charge in [0.15, 0.2) is 0 Å². The zero-order valence-electron chi connectivity index (χ0n) is 13.5. The fourth-order valence-corrected chi connectivity index (χ4v) is 2.54. The van der Waals surface area contributed by atoms with Crippen molar-refractivity contribution in [1.29, 1.82) is 0 Å². The van der Waals surface area contributed by atoms with Gasteiger partial charge < -0.3 is 5.32 Å². The molecule has 1 heterocycles. The molecule has 1 atom stereocenters. The Kier molecular flexibility index (Phi) is 6.00. The molecule has 0 amide bonds.